The van der Waals surface area contributed by atoms with E-state index in [1.165, 1.54) is 11.3 Å². The second-order valence-electron chi connectivity index (χ2n) is 5.96. The van der Waals surface area contributed by atoms with Gasteiger partial charge in [-0.3, -0.25) is 0 Å². The van der Waals surface area contributed by atoms with Crippen molar-refractivity contribution in [3.05, 3.63) is 22.2 Å². The third-order valence-corrected chi connectivity index (χ3v) is 3.81. The molecule has 1 rings (SSSR count). The van der Waals surface area contributed by atoms with E-state index < -0.39 is 17.7 Å². The number of ether oxygens (including phenoxy) is 2. The Labute approximate surface area is 140 Å². The summed E-state index contributed by atoms with van der Waals surface area (Å²) in [4.78, 5) is 28.5. The van der Waals surface area contributed by atoms with Gasteiger partial charge >= 0.3 is 12.1 Å². The molecule has 1 aromatic rings. The molecule has 0 aliphatic rings. The summed E-state index contributed by atoms with van der Waals surface area (Å²) in [5, 5.41) is 3.40. The number of carbonyl (C=O) groups excluding carboxylic acids is 2. The van der Waals surface area contributed by atoms with Crippen molar-refractivity contribution in [2.24, 2.45) is 0 Å². The molecule has 1 aromatic heterocycles. The van der Waals surface area contributed by atoms with Gasteiger partial charge < -0.3 is 14.8 Å². The van der Waals surface area contributed by atoms with Gasteiger partial charge in [-0.2, -0.15) is 0 Å². The Morgan fingerprint density at radius 1 is 1.35 bits per heavy atom. The van der Waals surface area contributed by atoms with Crippen LogP contribution in [0, 0.1) is 0 Å². The standard InChI is InChI=1S/C16H24N2O4S/c1-7-21-14(19)12-13(10(2)3)23-11(18-12)8-9-17-15(20)22-16(4,5)6/h2,7-9H2,1,3-6H3,(H,17,20). The molecule has 0 spiro atoms. The van der Waals surface area contributed by atoms with Crippen molar-refractivity contribution in [1.82, 2.24) is 10.3 Å². The van der Waals surface area contributed by atoms with Crippen LogP contribution >= 0.6 is 11.3 Å². The average molecular weight is 340 g/mol. The minimum absolute atomic E-state index is 0.289. The molecule has 0 unspecified atom stereocenters. The Morgan fingerprint density at radius 2 is 2.00 bits per heavy atom. The van der Waals surface area contributed by atoms with Crippen molar-refractivity contribution in [3.8, 4) is 0 Å². The third kappa shape index (κ3) is 6.40. The van der Waals surface area contributed by atoms with E-state index in [9.17, 15) is 9.59 Å². The molecule has 1 N–H and O–H groups in total. The molecule has 0 aliphatic carbocycles. The highest BCUT2D eigenvalue weighted by Gasteiger charge is 2.20. The number of esters is 1. The Hall–Kier alpha value is -1.89. The maximum atomic E-state index is 11.9. The lowest BCUT2D eigenvalue weighted by atomic mass is 10.2. The Balaban J connectivity index is 2.68. The SMILES string of the molecule is C=C(C)c1sc(CCNC(=O)OC(C)(C)C)nc1C(=O)OCC. The predicted octanol–water partition coefficient (Wildman–Crippen LogP) is 3.42. The van der Waals surface area contributed by atoms with Crippen molar-refractivity contribution in [2.75, 3.05) is 13.2 Å². The maximum absolute atomic E-state index is 11.9. The summed E-state index contributed by atoms with van der Waals surface area (Å²) >= 11 is 1.38. The molecule has 0 aliphatic heterocycles. The summed E-state index contributed by atoms with van der Waals surface area (Å²) in [5.41, 5.74) is 0.517. The van der Waals surface area contributed by atoms with Gasteiger partial charge in [-0.15, -0.1) is 11.3 Å². The molecule has 6 nitrogen and oxygen atoms in total. The first-order valence-corrected chi connectivity index (χ1v) is 8.25. The van der Waals surface area contributed by atoms with E-state index in [-0.39, 0.29) is 5.69 Å². The summed E-state index contributed by atoms with van der Waals surface area (Å²) in [6.45, 7) is 13.5. The zero-order chi connectivity index (χ0) is 17.6. The summed E-state index contributed by atoms with van der Waals surface area (Å²) < 4.78 is 10.2. The van der Waals surface area contributed by atoms with E-state index in [4.69, 9.17) is 9.47 Å². The Morgan fingerprint density at radius 3 is 2.52 bits per heavy atom. The largest absolute Gasteiger partial charge is 0.461 e. The first kappa shape index (κ1) is 19.2. The lowest BCUT2D eigenvalue weighted by Gasteiger charge is -2.19. The van der Waals surface area contributed by atoms with Crippen LogP contribution in [0.1, 0.15) is 55.0 Å². The molecule has 0 aromatic carbocycles. The predicted molar refractivity (Wildman–Crippen MR) is 90.7 cm³/mol. The van der Waals surface area contributed by atoms with Crippen LogP contribution in [0.15, 0.2) is 6.58 Å². The average Bonchev–Trinajstić information content (AvgIpc) is 2.81. The van der Waals surface area contributed by atoms with Crippen LogP contribution in [0.3, 0.4) is 0 Å². The first-order chi connectivity index (χ1) is 10.6. The van der Waals surface area contributed by atoms with Gasteiger partial charge in [0.2, 0.25) is 0 Å². The smallest absolute Gasteiger partial charge is 0.407 e. The van der Waals surface area contributed by atoms with Gasteiger partial charge in [0, 0.05) is 13.0 Å². The van der Waals surface area contributed by atoms with Gasteiger partial charge in [-0.05, 0) is 40.2 Å². The van der Waals surface area contributed by atoms with Gasteiger partial charge in [0.25, 0.3) is 0 Å². The lowest BCUT2D eigenvalue weighted by Crippen LogP contribution is -2.33. The van der Waals surface area contributed by atoms with E-state index in [1.54, 1.807) is 27.7 Å². The Bertz CT molecular complexity index is 587. The topological polar surface area (TPSA) is 77.5 Å². The van der Waals surface area contributed by atoms with Crippen LogP contribution in [0.25, 0.3) is 5.57 Å². The molecule has 128 valence electrons. The molecule has 0 saturated carbocycles. The van der Waals surface area contributed by atoms with E-state index in [0.29, 0.717) is 19.6 Å². The highest BCUT2D eigenvalue weighted by Crippen LogP contribution is 2.26. The van der Waals surface area contributed by atoms with Crippen LogP contribution < -0.4 is 5.32 Å². The first-order valence-electron chi connectivity index (χ1n) is 7.43. The summed E-state index contributed by atoms with van der Waals surface area (Å²) in [6, 6.07) is 0. The fourth-order valence-corrected chi connectivity index (χ4v) is 2.66. The third-order valence-electron chi connectivity index (χ3n) is 2.53. The molecular formula is C16H24N2O4S. The van der Waals surface area contributed by atoms with Crippen LogP contribution in [0.4, 0.5) is 4.79 Å². The summed E-state index contributed by atoms with van der Waals surface area (Å²) in [6.07, 6.45) is 0.0312. The van der Waals surface area contributed by atoms with Crippen molar-refractivity contribution in [3.63, 3.8) is 0 Å². The minimum atomic E-state index is -0.532. The molecule has 7 heteroatoms. The molecule has 0 fully saturated rings. The van der Waals surface area contributed by atoms with Gasteiger partial charge in [0.1, 0.15) is 5.60 Å². The van der Waals surface area contributed by atoms with Crippen LogP contribution in [-0.4, -0.2) is 35.8 Å². The molecule has 0 atom stereocenters. The van der Waals surface area contributed by atoms with Gasteiger partial charge in [-0.25, -0.2) is 14.6 Å². The second kappa shape index (κ2) is 8.10. The number of amides is 1. The van der Waals surface area contributed by atoms with E-state index in [0.717, 1.165) is 15.5 Å². The van der Waals surface area contributed by atoms with E-state index >= 15 is 0 Å². The van der Waals surface area contributed by atoms with Gasteiger partial charge in [-0.1, -0.05) is 6.58 Å². The highest BCUT2D eigenvalue weighted by atomic mass is 32.1. The van der Waals surface area contributed by atoms with E-state index in [2.05, 4.69) is 16.9 Å². The van der Waals surface area contributed by atoms with E-state index in [1.807, 2.05) is 6.92 Å². The number of hydrogen-bond donors (Lipinski definition) is 1. The van der Waals surface area contributed by atoms with Crippen molar-refractivity contribution < 1.29 is 19.1 Å². The van der Waals surface area contributed by atoms with Crippen LogP contribution in [-0.2, 0) is 15.9 Å². The zero-order valence-corrected chi connectivity index (χ0v) is 15.1. The fraction of sp³-hybridized carbons (Fsp3) is 0.562. The number of carbonyl (C=O) groups is 2. The summed E-state index contributed by atoms with van der Waals surface area (Å²) in [5.74, 6) is -0.451. The van der Waals surface area contributed by atoms with Crippen molar-refractivity contribution >= 4 is 29.0 Å². The lowest BCUT2D eigenvalue weighted by molar-refractivity contribution is 0.0511. The number of allylic oxidation sites excluding steroid dienone is 1. The maximum Gasteiger partial charge on any atom is 0.407 e. The highest BCUT2D eigenvalue weighted by molar-refractivity contribution is 7.13. The fourth-order valence-electron chi connectivity index (χ4n) is 1.68. The molecule has 0 bridgehead atoms. The number of aromatic nitrogens is 1. The van der Waals surface area contributed by atoms with Crippen molar-refractivity contribution in [2.45, 2.75) is 46.6 Å². The molecule has 0 saturated heterocycles. The Kier molecular flexibility index (Phi) is 6.75. The number of nitrogens with zero attached hydrogens (tertiary/aromatic N) is 1. The second-order valence-corrected chi connectivity index (χ2v) is 7.05. The summed E-state index contributed by atoms with van der Waals surface area (Å²) in [7, 11) is 0. The van der Waals surface area contributed by atoms with Gasteiger partial charge in [0.15, 0.2) is 5.69 Å². The number of nitrogens with one attached hydrogen (secondary N) is 1. The number of alkyl carbamates (subject to hydrolysis) is 1. The number of thiazole rings is 1. The molecular weight excluding hydrogens is 316 g/mol. The normalized spacial score (nSPS) is 11.0. The van der Waals surface area contributed by atoms with Crippen LogP contribution in [0.2, 0.25) is 0 Å². The molecule has 1 amide bonds. The molecule has 23 heavy (non-hydrogen) atoms. The molecule has 1 heterocycles. The van der Waals surface area contributed by atoms with Crippen molar-refractivity contribution in [1.29, 1.82) is 0 Å². The quantitative estimate of drug-likeness (QED) is 0.803. The molecule has 0 radical (unpaired) electrons. The minimum Gasteiger partial charge on any atom is -0.461 e. The monoisotopic (exact) mass is 340 g/mol. The number of rotatable bonds is 6. The van der Waals surface area contributed by atoms with Crippen LogP contribution in [0.5, 0.6) is 0 Å². The zero-order valence-electron chi connectivity index (χ0n) is 14.3. The number of hydrogen-bond acceptors (Lipinski definition) is 6. The van der Waals surface area contributed by atoms with Gasteiger partial charge in [0.05, 0.1) is 16.5 Å².